The second-order valence-corrected chi connectivity index (χ2v) is 4.82. The molecule has 1 aromatic rings. The molecule has 4 nitrogen and oxygen atoms in total. The minimum Gasteiger partial charge on any atom is -0.466 e. The van der Waals surface area contributed by atoms with Gasteiger partial charge in [0.05, 0.1) is 11.1 Å². The minimum atomic E-state index is -0.142. The van der Waals surface area contributed by atoms with E-state index in [1.165, 1.54) is 0 Å². The van der Waals surface area contributed by atoms with Crippen LogP contribution in [0.2, 0.25) is 0 Å². The van der Waals surface area contributed by atoms with Crippen molar-refractivity contribution in [2.75, 3.05) is 6.61 Å². The van der Waals surface area contributed by atoms with Gasteiger partial charge in [-0.1, -0.05) is 6.42 Å². The van der Waals surface area contributed by atoms with Gasteiger partial charge in [0.15, 0.2) is 0 Å². The average Bonchev–Trinajstić information content (AvgIpc) is 2.34. The van der Waals surface area contributed by atoms with Gasteiger partial charge in [-0.15, -0.1) is 0 Å². The molecule has 0 aliphatic rings. The Morgan fingerprint density at radius 3 is 2.89 bits per heavy atom. The number of hydrogen-bond acceptors (Lipinski definition) is 3. The molecule has 0 saturated carbocycles. The highest BCUT2D eigenvalue weighted by molar-refractivity contribution is 9.10. The van der Waals surface area contributed by atoms with E-state index in [1.807, 2.05) is 6.07 Å². The Balaban J connectivity index is 2.24. The van der Waals surface area contributed by atoms with Gasteiger partial charge in [0.25, 0.3) is 5.56 Å². The second kappa shape index (κ2) is 8.08. The topological polar surface area (TPSA) is 48.3 Å². The quantitative estimate of drug-likeness (QED) is 0.574. The minimum absolute atomic E-state index is 0.0112. The molecule has 0 N–H and O–H groups in total. The summed E-state index contributed by atoms with van der Waals surface area (Å²) in [5.74, 6) is -0.142. The van der Waals surface area contributed by atoms with Crippen molar-refractivity contribution < 1.29 is 9.53 Å². The molecule has 0 aromatic carbocycles. The lowest BCUT2D eigenvalue weighted by molar-refractivity contribution is -0.143. The van der Waals surface area contributed by atoms with Gasteiger partial charge in [-0.2, -0.15) is 0 Å². The van der Waals surface area contributed by atoms with E-state index < -0.39 is 0 Å². The molecule has 0 atom stereocenters. The number of aromatic nitrogens is 1. The molecule has 0 unspecified atom stereocenters. The molecule has 1 aromatic heterocycles. The summed E-state index contributed by atoms with van der Waals surface area (Å²) in [6.45, 7) is 2.92. The van der Waals surface area contributed by atoms with E-state index in [0.717, 1.165) is 19.3 Å². The molecule has 1 rings (SSSR count). The number of aryl methyl sites for hydroxylation is 1. The van der Waals surface area contributed by atoms with Gasteiger partial charge < -0.3 is 9.30 Å². The van der Waals surface area contributed by atoms with Gasteiger partial charge in [-0.25, -0.2) is 0 Å². The number of ether oxygens (including phenoxy) is 1. The van der Waals surface area contributed by atoms with E-state index in [0.29, 0.717) is 24.0 Å². The van der Waals surface area contributed by atoms with Gasteiger partial charge >= 0.3 is 5.97 Å². The van der Waals surface area contributed by atoms with Gasteiger partial charge in [0.2, 0.25) is 0 Å². The van der Waals surface area contributed by atoms with E-state index >= 15 is 0 Å². The number of rotatable bonds is 7. The summed E-state index contributed by atoms with van der Waals surface area (Å²) in [7, 11) is 0. The number of unbranched alkanes of at least 4 members (excludes halogenated alkanes) is 2. The predicted octanol–water partition coefficient (Wildman–Crippen LogP) is 2.73. The molecule has 1 heterocycles. The van der Waals surface area contributed by atoms with Gasteiger partial charge in [0.1, 0.15) is 0 Å². The molecule has 0 radical (unpaired) electrons. The van der Waals surface area contributed by atoms with Crippen molar-refractivity contribution in [1.82, 2.24) is 4.57 Å². The van der Waals surface area contributed by atoms with Gasteiger partial charge in [0, 0.05) is 19.2 Å². The normalized spacial score (nSPS) is 10.3. The van der Waals surface area contributed by atoms with Crippen LogP contribution in [0.15, 0.2) is 27.6 Å². The van der Waals surface area contributed by atoms with Crippen LogP contribution in [-0.4, -0.2) is 17.1 Å². The summed E-state index contributed by atoms with van der Waals surface area (Å²) in [6.07, 6.45) is 4.84. The number of nitrogens with zero attached hydrogens (tertiary/aromatic N) is 1. The van der Waals surface area contributed by atoms with Gasteiger partial charge in [-0.05, 0) is 47.8 Å². The summed E-state index contributed by atoms with van der Waals surface area (Å²) >= 11 is 3.21. The average molecular weight is 316 g/mol. The van der Waals surface area contributed by atoms with Crippen molar-refractivity contribution in [3.05, 3.63) is 33.2 Å². The molecule has 5 heteroatoms. The first-order valence-corrected chi connectivity index (χ1v) is 6.95. The Morgan fingerprint density at radius 2 is 2.17 bits per heavy atom. The molecule has 0 bridgehead atoms. The summed E-state index contributed by atoms with van der Waals surface area (Å²) in [5, 5.41) is 0. The molecule has 0 spiro atoms. The fraction of sp³-hybridized carbons (Fsp3) is 0.538. The third-order valence-electron chi connectivity index (χ3n) is 2.56. The highest BCUT2D eigenvalue weighted by atomic mass is 79.9. The van der Waals surface area contributed by atoms with Crippen LogP contribution in [0.25, 0.3) is 0 Å². The molecule has 0 fully saturated rings. The Hall–Kier alpha value is -1.10. The number of carbonyl (C=O) groups excluding carboxylic acids is 1. The van der Waals surface area contributed by atoms with Crippen LogP contribution in [0, 0.1) is 0 Å². The lowest BCUT2D eigenvalue weighted by Crippen LogP contribution is -2.19. The standard InChI is InChI=1S/C13H18BrNO3/c1-2-18-12(16)8-4-3-5-9-15-10-6-7-11(14)13(15)17/h6-7,10H,2-5,8-9H2,1H3. The fourth-order valence-electron chi connectivity index (χ4n) is 1.65. The lowest BCUT2D eigenvalue weighted by Gasteiger charge is -2.05. The van der Waals surface area contributed by atoms with Crippen molar-refractivity contribution in [3.8, 4) is 0 Å². The van der Waals surface area contributed by atoms with Crippen LogP contribution < -0.4 is 5.56 Å². The van der Waals surface area contributed by atoms with Crippen LogP contribution >= 0.6 is 15.9 Å². The van der Waals surface area contributed by atoms with E-state index in [1.54, 1.807) is 23.8 Å². The van der Waals surface area contributed by atoms with E-state index in [9.17, 15) is 9.59 Å². The van der Waals surface area contributed by atoms with Crippen molar-refractivity contribution in [2.24, 2.45) is 0 Å². The Kier molecular flexibility index (Phi) is 6.72. The van der Waals surface area contributed by atoms with Crippen LogP contribution in [0.3, 0.4) is 0 Å². The summed E-state index contributed by atoms with van der Waals surface area (Å²) < 4.78 is 7.10. The lowest BCUT2D eigenvalue weighted by atomic mass is 10.2. The van der Waals surface area contributed by atoms with Crippen LogP contribution in [0.4, 0.5) is 0 Å². The molecule has 0 aliphatic carbocycles. The molecular weight excluding hydrogens is 298 g/mol. The molecule has 0 saturated heterocycles. The zero-order chi connectivity index (χ0) is 13.4. The van der Waals surface area contributed by atoms with Crippen molar-refractivity contribution >= 4 is 21.9 Å². The molecule has 18 heavy (non-hydrogen) atoms. The maximum atomic E-state index is 11.7. The maximum Gasteiger partial charge on any atom is 0.305 e. The number of hydrogen-bond donors (Lipinski definition) is 0. The highest BCUT2D eigenvalue weighted by Gasteiger charge is 2.02. The second-order valence-electron chi connectivity index (χ2n) is 3.97. The van der Waals surface area contributed by atoms with Gasteiger partial charge in [-0.3, -0.25) is 9.59 Å². The van der Waals surface area contributed by atoms with Crippen molar-refractivity contribution in [3.63, 3.8) is 0 Å². The maximum absolute atomic E-state index is 11.7. The zero-order valence-corrected chi connectivity index (χ0v) is 12.1. The summed E-state index contributed by atoms with van der Waals surface area (Å²) in [6, 6.07) is 3.57. The predicted molar refractivity (Wildman–Crippen MR) is 73.5 cm³/mol. The van der Waals surface area contributed by atoms with E-state index in [-0.39, 0.29) is 11.5 Å². The summed E-state index contributed by atoms with van der Waals surface area (Å²) in [5.41, 5.74) is -0.0112. The first kappa shape index (κ1) is 15.0. The first-order chi connectivity index (χ1) is 8.65. The SMILES string of the molecule is CCOC(=O)CCCCCn1cccc(Br)c1=O. The number of esters is 1. The smallest absolute Gasteiger partial charge is 0.305 e. The fourth-order valence-corrected chi connectivity index (χ4v) is 2.03. The molecule has 100 valence electrons. The Bertz CT molecular complexity index is 442. The van der Waals surface area contributed by atoms with Crippen LogP contribution in [0.1, 0.15) is 32.6 Å². The molecule has 0 amide bonds. The highest BCUT2D eigenvalue weighted by Crippen LogP contribution is 2.05. The molecule has 0 aliphatic heterocycles. The van der Waals surface area contributed by atoms with E-state index in [4.69, 9.17) is 4.74 Å². The summed E-state index contributed by atoms with van der Waals surface area (Å²) in [4.78, 5) is 22.8. The zero-order valence-electron chi connectivity index (χ0n) is 10.5. The largest absolute Gasteiger partial charge is 0.466 e. The Labute approximate surface area is 115 Å². The third-order valence-corrected chi connectivity index (χ3v) is 3.16. The Morgan fingerprint density at radius 1 is 1.39 bits per heavy atom. The van der Waals surface area contributed by atoms with Crippen molar-refractivity contribution in [1.29, 1.82) is 0 Å². The van der Waals surface area contributed by atoms with E-state index in [2.05, 4.69) is 15.9 Å². The third kappa shape index (κ3) is 5.04. The van der Waals surface area contributed by atoms with Crippen molar-refractivity contribution in [2.45, 2.75) is 39.2 Å². The number of pyridine rings is 1. The monoisotopic (exact) mass is 315 g/mol. The number of carbonyl (C=O) groups is 1. The number of halogens is 1. The van der Waals surface area contributed by atoms with Crippen LogP contribution in [0.5, 0.6) is 0 Å². The molecular formula is C13H18BrNO3. The van der Waals surface area contributed by atoms with Crippen LogP contribution in [-0.2, 0) is 16.1 Å². The first-order valence-electron chi connectivity index (χ1n) is 6.15.